The number of benzene rings is 2. The number of halogens is 1. The number of rotatable bonds is 3. The summed E-state index contributed by atoms with van der Waals surface area (Å²) < 4.78 is 0.963. The molecule has 4 aromatic rings. The van der Waals surface area contributed by atoms with E-state index in [9.17, 15) is 4.79 Å². The van der Waals surface area contributed by atoms with Gasteiger partial charge in [-0.1, -0.05) is 24.3 Å². The van der Waals surface area contributed by atoms with Gasteiger partial charge in [0.25, 0.3) is 5.56 Å². The SMILES string of the molecule is O=c1[nH]cc(Nc2ccccc2Br)cc1-c1cccc2[nH]ccc12. The standard InChI is InChI=1S/C19H14BrN3O/c20-16-5-1-2-6-18(16)23-12-10-15(19(24)22-11-12)13-4-3-7-17-14(13)8-9-21-17/h1-11,21,23H,(H,22,24). The van der Waals surface area contributed by atoms with E-state index in [4.69, 9.17) is 0 Å². The zero-order valence-corrected chi connectivity index (χ0v) is 14.2. The fourth-order valence-corrected chi connectivity index (χ4v) is 3.18. The number of H-pyrrole nitrogens is 2. The molecule has 5 heteroatoms. The molecule has 24 heavy (non-hydrogen) atoms. The van der Waals surface area contributed by atoms with E-state index in [1.807, 2.05) is 60.8 Å². The van der Waals surface area contributed by atoms with E-state index in [2.05, 4.69) is 31.2 Å². The van der Waals surface area contributed by atoms with Crippen LogP contribution in [0.5, 0.6) is 0 Å². The summed E-state index contributed by atoms with van der Waals surface area (Å²) in [4.78, 5) is 18.4. The molecule has 0 atom stereocenters. The van der Waals surface area contributed by atoms with Crippen molar-refractivity contribution in [3.05, 3.63) is 81.8 Å². The summed E-state index contributed by atoms with van der Waals surface area (Å²) in [5.74, 6) is 0. The van der Waals surface area contributed by atoms with Crippen LogP contribution < -0.4 is 10.9 Å². The van der Waals surface area contributed by atoms with Gasteiger partial charge in [-0.25, -0.2) is 0 Å². The number of nitrogens with one attached hydrogen (secondary N) is 3. The minimum atomic E-state index is -0.110. The molecule has 0 fully saturated rings. The minimum Gasteiger partial charge on any atom is -0.361 e. The van der Waals surface area contributed by atoms with Gasteiger partial charge < -0.3 is 15.3 Å². The van der Waals surface area contributed by atoms with E-state index >= 15 is 0 Å². The van der Waals surface area contributed by atoms with Crippen molar-refractivity contribution in [3.63, 3.8) is 0 Å². The Morgan fingerprint density at radius 1 is 0.917 bits per heavy atom. The third-order valence-corrected chi connectivity index (χ3v) is 4.63. The van der Waals surface area contributed by atoms with E-state index in [0.29, 0.717) is 5.56 Å². The Bertz CT molecular complexity index is 1080. The minimum absolute atomic E-state index is 0.110. The zero-order valence-electron chi connectivity index (χ0n) is 12.6. The summed E-state index contributed by atoms with van der Waals surface area (Å²) >= 11 is 3.52. The molecule has 0 unspecified atom stereocenters. The lowest BCUT2D eigenvalue weighted by Gasteiger charge is -2.10. The van der Waals surface area contributed by atoms with Crippen molar-refractivity contribution in [3.8, 4) is 11.1 Å². The second-order valence-electron chi connectivity index (χ2n) is 5.48. The first kappa shape index (κ1) is 14.8. The molecular formula is C19H14BrN3O. The van der Waals surface area contributed by atoms with Crippen LogP contribution >= 0.6 is 15.9 Å². The summed E-state index contributed by atoms with van der Waals surface area (Å²) in [7, 11) is 0. The second kappa shape index (κ2) is 6.02. The number of fused-ring (bicyclic) bond motifs is 1. The molecule has 0 aliphatic heterocycles. The summed E-state index contributed by atoms with van der Waals surface area (Å²) in [6.45, 7) is 0. The highest BCUT2D eigenvalue weighted by molar-refractivity contribution is 9.10. The fraction of sp³-hybridized carbons (Fsp3) is 0. The number of hydrogen-bond acceptors (Lipinski definition) is 2. The number of pyridine rings is 1. The van der Waals surface area contributed by atoms with Gasteiger partial charge in [0, 0.05) is 33.3 Å². The Balaban J connectivity index is 1.81. The van der Waals surface area contributed by atoms with Crippen molar-refractivity contribution < 1.29 is 0 Å². The smallest absolute Gasteiger partial charge is 0.255 e. The lowest BCUT2D eigenvalue weighted by Crippen LogP contribution is -2.09. The normalized spacial score (nSPS) is 10.9. The van der Waals surface area contributed by atoms with Gasteiger partial charge in [0.15, 0.2) is 0 Å². The molecule has 0 saturated heterocycles. The van der Waals surface area contributed by atoms with Gasteiger partial charge in [0.05, 0.1) is 11.4 Å². The maximum absolute atomic E-state index is 12.4. The molecule has 0 aliphatic rings. The largest absolute Gasteiger partial charge is 0.361 e. The molecule has 4 nitrogen and oxygen atoms in total. The van der Waals surface area contributed by atoms with E-state index in [0.717, 1.165) is 32.3 Å². The summed E-state index contributed by atoms with van der Waals surface area (Å²) in [5.41, 5.74) is 4.21. The summed E-state index contributed by atoms with van der Waals surface area (Å²) in [6.07, 6.45) is 3.56. The predicted molar refractivity (Wildman–Crippen MR) is 102 cm³/mol. The number of aromatic nitrogens is 2. The maximum atomic E-state index is 12.4. The third-order valence-electron chi connectivity index (χ3n) is 3.94. The average molecular weight is 380 g/mol. The van der Waals surface area contributed by atoms with Crippen molar-refractivity contribution >= 4 is 38.2 Å². The van der Waals surface area contributed by atoms with Gasteiger partial charge in [0.2, 0.25) is 0 Å². The Hall–Kier alpha value is -2.79. The molecule has 2 aromatic heterocycles. The van der Waals surface area contributed by atoms with Crippen molar-refractivity contribution in [2.45, 2.75) is 0 Å². The van der Waals surface area contributed by atoms with Gasteiger partial charge in [-0.15, -0.1) is 0 Å². The molecule has 0 amide bonds. The molecule has 2 heterocycles. The number of hydrogen-bond donors (Lipinski definition) is 3. The second-order valence-corrected chi connectivity index (χ2v) is 6.33. The quantitative estimate of drug-likeness (QED) is 0.467. The van der Waals surface area contributed by atoms with Crippen LogP contribution in [0.15, 0.2) is 76.3 Å². The van der Waals surface area contributed by atoms with Crippen LogP contribution in [0, 0.1) is 0 Å². The fourth-order valence-electron chi connectivity index (χ4n) is 2.79. The van der Waals surface area contributed by atoms with Crippen molar-refractivity contribution in [2.75, 3.05) is 5.32 Å². The Kier molecular flexibility index (Phi) is 3.70. The average Bonchev–Trinajstić information content (AvgIpc) is 3.07. The van der Waals surface area contributed by atoms with E-state index < -0.39 is 0 Å². The summed E-state index contributed by atoms with van der Waals surface area (Å²) in [6, 6.07) is 17.6. The van der Waals surface area contributed by atoms with E-state index in [1.54, 1.807) is 6.20 Å². The number of para-hydroxylation sites is 1. The molecular weight excluding hydrogens is 366 g/mol. The number of aromatic amines is 2. The van der Waals surface area contributed by atoms with Crippen LogP contribution in [0.25, 0.3) is 22.0 Å². The van der Waals surface area contributed by atoms with Gasteiger partial charge in [-0.3, -0.25) is 4.79 Å². The monoisotopic (exact) mass is 379 g/mol. The van der Waals surface area contributed by atoms with Crippen LogP contribution in [-0.2, 0) is 0 Å². The number of anilines is 2. The summed E-state index contributed by atoms with van der Waals surface area (Å²) in [5, 5.41) is 4.36. The van der Waals surface area contributed by atoms with Crippen molar-refractivity contribution in [1.82, 2.24) is 9.97 Å². The van der Waals surface area contributed by atoms with Crippen LogP contribution in [0.2, 0.25) is 0 Å². The molecule has 0 aliphatic carbocycles. The first-order valence-corrected chi connectivity index (χ1v) is 8.32. The topological polar surface area (TPSA) is 60.7 Å². The molecule has 0 saturated carbocycles. The highest BCUT2D eigenvalue weighted by Crippen LogP contribution is 2.29. The van der Waals surface area contributed by atoms with E-state index in [-0.39, 0.29) is 5.56 Å². The molecule has 118 valence electrons. The predicted octanol–water partition coefficient (Wildman–Crippen LogP) is 5.03. The third kappa shape index (κ3) is 2.63. The van der Waals surface area contributed by atoms with Gasteiger partial charge in [0.1, 0.15) is 0 Å². The molecule has 0 spiro atoms. The highest BCUT2D eigenvalue weighted by atomic mass is 79.9. The van der Waals surface area contributed by atoms with Crippen molar-refractivity contribution in [1.29, 1.82) is 0 Å². The Morgan fingerprint density at radius 3 is 2.67 bits per heavy atom. The van der Waals surface area contributed by atoms with Gasteiger partial charge in [-0.2, -0.15) is 0 Å². The van der Waals surface area contributed by atoms with E-state index in [1.165, 1.54) is 0 Å². The maximum Gasteiger partial charge on any atom is 0.255 e. The van der Waals surface area contributed by atoms with Crippen LogP contribution in [0.3, 0.4) is 0 Å². The van der Waals surface area contributed by atoms with Crippen molar-refractivity contribution in [2.24, 2.45) is 0 Å². The highest BCUT2D eigenvalue weighted by Gasteiger charge is 2.10. The Morgan fingerprint density at radius 2 is 1.79 bits per heavy atom. The molecule has 0 bridgehead atoms. The van der Waals surface area contributed by atoms with Gasteiger partial charge >= 0.3 is 0 Å². The first-order valence-electron chi connectivity index (χ1n) is 7.53. The van der Waals surface area contributed by atoms with Crippen LogP contribution in [0.4, 0.5) is 11.4 Å². The molecule has 3 N–H and O–H groups in total. The Labute approximate surface area is 146 Å². The zero-order chi connectivity index (χ0) is 16.5. The molecule has 2 aromatic carbocycles. The lowest BCUT2D eigenvalue weighted by atomic mass is 10.0. The van der Waals surface area contributed by atoms with Crippen LogP contribution in [0.1, 0.15) is 0 Å². The lowest BCUT2D eigenvalue weighted by molar-refractivity contribution is 1.24. The van der Waals surface area contributed by atoms with Gasteiger partial charge in [-0.05, 0) is 51.8 Å². The van der Waals surface area contributed by atoms with Crippen LogP contribution in [-0.4, -0.2) is 9.97 Å². The molecule has 4 rings (SSSR count). The first-order chi connectivity index (χ1) is 11.7. The molecule has 0 radical (unpaired) electrons.